The first-order valence-corrected chi connectivity index (χ1v) is 15.3. The van der Waals surface area contributed by atoms with Crippen LogP contribution in [0.3, 0.4) is 0 Å². The van der Waals surface area contributed by atoms with E-state index < -0.39 is 0 Å². The van der Waals surface area contributed by atoms with E-state index in [4.69, 9.17) is 0 Å². The molecule has 0 aromatic heterocycles. The topological polar surface area (TPSA) is 0 Å². The summed E-state index contributed by atoms with van der Waals surface area (Å²) in [6.07, 6.45) is 5.22. The first-order chi connectivity index (χ1) is 15.4. The van der Waals surface area contributed by atoms with Gasteiger partial charge in [-0.2, -0.15) is 0 Å². The van der Waals surface area contributed by atoms with Crippen molar-refractivity contribution in [1.29, 1.82) is 0 Å². The van der Waals surface area contributed by atoms with Crippen molar-refractivity contribution in [2.45, 2.75) is 0 Å². The molecule has 31 heavy (non-hydrogen) atoms. The Kier molecular flexibility index (Phi) is 8.85. The van der Waals surface area contributed by atoms with E-state index in [2.05, 4.69) is 121 Å². The van der Waals surface area contributed by atoms with Crippen LogP contribution in [0.2, 0.25) is 0 Å². The summed E-state index contributed by atoms with van der Waals surface area (Å²) in [6.45, 7) is 0. The molecule has 0 saturated heterocycles. The third-order valence-electron chi connectivity index (χ3n) is 5.30. The molecule has 0 aliphatic carbocycles. The predicted molar refractivity (Wildman–Crippen MR) is 146 cm³/mol. The van der Waals surface area contributed by atoms with Gasteiger partial charge >= 0.3 is 0 Å². The fraction of sp³-hybridized carbons (Fsp3) is 0.143. The molecule has 0 heterocycles. The lowest BCUT2D eigenvalue weighted by molar-refractivity contribution is 1.45. The zero-order valence-electron chi connectivity index (χ0n) is 17.8. The van der Waals surface area contributed by atoms with Gasteiger partial charge in [0.15, 0.2) is 0 Å². The van der Waals surface area contributed by atoms with Gasteiger partial charge in [0.1, 0.15) is 0 Å². The van der Waals surface area contributed by atoms with E-state index in [9.17, 15) is 0 Å². The highest BCUT2D eigenvalue weighted by molar-refractivity contribution is 7.74. The predicted octanol–water partition coefficient (Wildman–Crippen LogP) is 5.93. The van der Waals surface area contributed by atoms with Crippen LogP contribution in [0, 0.1) is 0 Å². The molecule has 0 radical (unpaired) electrons. The van der Waals surface area contributed by atoms with E-state index in [1.54, 1.807) is 0 Å². The molecule has 0 atom stereocenters. The second-order valence-electron chi connectivity index (χ2n) is 7.40. The van der Waals surface area contributed by atoms with Crippen LogP contribution in [0.1, 0.15) is 0 Å². The Labute approximate surface area is 191 Å². The summed E-state index contributed by atoms with van der Waals surface area (Å²) in [7, 11) is 0.513. The highest BCUT2D eigenvalue weighted by Gasteiger charge is 2.15. The number of hydrogen-bond acceptors (Lipinski definition) is 0. The normalized spacial score (nSPS) is 11.2. The summed E-state index contributed by atoms with van der Waals surface area (Å²) < 4.78 is 0. The van der Waals surface area contributed by atoms with Crippen molar-refractivity contribution in [2.75, 3.05) is 24.6 Å². The Morgan fingerprint density at radius 2 is 0.645 bits per heavy atom. The van der Waals surface area contributed by atoms with Crippen LogP contribution in [0.4, 0.5) is 0 Å². The molecule has 3 heteroatoms. The molecule has 0 saturated carbocycles. The molecule has 4 aromatic carbocycles. The van der Waals surface area contributed by atoms with Crippen LogP contribution >= 0.6 is 24.4 Å². The molecular weight excluding hydrogens is 429 g/mol. The van der Waals surface area contributed by atoms with Gasteiger partial charge in [-0.05, 0) is 61.7 Å². The van der Waals surface area contributed by atoms with Gasteiger partial charge in [-0.1, -0.05) is 121 Å². The Balaban J connectivity index is 1.37. The van der Waals surface area contributed by atoms with E-state index >= 15 is 0 Å². The summed E-state index contributed by atoms with van der Waals surface area (Å²) in [6, 6.07) is 44.5. The van der Waals surface area contributed by atoms with Crippen LogP contribution in [-0.4, -0.2) is 24.6 Å². The average Bonchev–Trinajstić information content (AvgIpc) is 2.86. The van der Waals surface area contributed by atoms with Crippen molar-refractivity contribution in [3.8, 4) is 0 Å². The molecule has 0 aliphatic heterocycles. The molecule has 4 aromatic rings. The largest absolute Gasteiger partial charge is 0.121 e. The molecule has 4 rings (SSSR count). The summed E-state index contributed by atoms with van der Waals surface area (Å²) >= 11 is 0. The van der Waals surface area contributed by atoms with Crippen molar-refractivity contribution >= 4 is 45.6 Å². The minimum absolute atomic E-state index is 0.258. The van der Waals surface area contributed by atoms with Gasteiger partial charge in [-0.3, -0.25) is 0 Å². The Bertz CT molecular complexity index is 841. The molecule has 0 nitrogen and oxygen atoms in total. The van der Waals surface area contributed by atoms with Crippen LogP contribution in [0.25, 0.3) is 0 Å². The maximum absolute atomic E-state index is 2.31. The van der Waals surface area contributed by atoms with Gasteiger partial charge in [0, 0.05) is 0 Å². The minimum Gasteiger partial charge on any atom is -0.121 e. The lowest BCUT2D eigenvalue weighted by Crippen LogP contribution is -2.16. The Morgan fingerprint density at radius 3 is 0.903 bits per heavy atom. The number of hydrogen-bond donors (Lipinski definition) is 0. The molecule has 0 spiro atoms. The minimum atomic E-state index is -0.258. The average molecular weight is 458 g/mol. The monoisotopic (exact) mass is 458 g/mol. The van der Waals surface area contributed by atoms with Crippen molar-refractivity contribution in [3.63, 3.8) is 0 Å². The van der Waals surface area contributed by atoms with Gasteiger partial charge in [0.2, 0.25) is 0 Å². The second-order valence-corrected chi connectivity index (χ2v) is 13.6. The maximum atomic E-state index is 2.31. The first kappa shape index (κ1) is 22.4. The summed E-state index contributed by atoms with van der Waals surface area (Å²) in [5, 5.41) is 6.02. The number of rotatable bonds is 10. The lowest BCUT2D eigenvalue weighted by atomic mass is 10.4. The van der Waals surface area contributed by atoms with E-state index in [0.29, 0.717) is 0 Å². The van der Waals surface area contributed by atoms with Crippen LogP contribution in [0.5, 0.6) is 0 Å². The molecule has 0 amide bonds. The first-order valence-electron chi connectivity index (χ1n) is 10.9. The second kappa shape index (κ2) is 12.3. The third kappa shape index (κ3) is 6.57. The molecule has 0 aliphatic rings. The fourth-order valence-corrected chi connectivity index (χ4v) is 10.8. The standard InChI is InChI=1S/C28H29P3/c1-5-13-25(14-6-1)30(26-15-7-2-8-16-26)23-21-29-22-24-31(27-17-9-3-10-18-27)28-19-11-4-12-20-28/h1-20,29H,21-24H2. The molecule has 0 bridgehead atoms. The van der Waals surface area contributed by atoms with Crippen LogP contribution in [0.15, 0.2) is 121 Å². The van der Waals surface area contributed by atoms with Gasteiger partial charge in [0.05, 0.1) is 0 Å². The van der Waals surface area contributed by atoms with Crippen molar-refractivity contribution in [2.24, 2.45) is 0 Å². The Morgan fingerprint density at radius 1 is 0.387 bits per heavy atom. The van der Waals surface area contributed by atoms with Gasteiger partial charge in [0.25, 0.3) is 0 Å². The van der Waals surface area contributed by atoms with E-state index in [1.165, 1.54) is 45.9 Å². The van der Waals surface area contributed by atoms with Gasteiger partial charge in [-0.25, -0.2) is 0 Å². The van der Waals surface area contributed by atoms with E-state index in [0.717, 1.165) is 8.58 Å². The molecule has 0 N–H and O–H groups in total. The lowest BCUT2D eigenvalue weighted by Gasteiger charge is -2.20. The third-order valence-corrected chi connectivity index (χ3v) is 12.4. The van der Waals surface area contributed by atoms with E-state index in [1.807, 2.05) is 0 Å². The zero-order valence-corrected chi connectivity index (χ0v) is 20.6. The summed E-state index contributed by atoms with van der Waals surface area (Å²) in [5.41, 5.74) is 0. The maximum Gasteiger partial charge on any atom is -0.0195 e. The smallest absolute Gasteiger partial charge is 0.0195 e. The van der Waals surface area contributed by atoms with E-state index in [-0.39, 0.29) is 15.8 Å². The highest BCUT2D eigenvalue weighted by Crippen LogP contribution is 2.38. The van der Waals surface area contributed by atoms with Crippen LogP contribution < -0.4 is 21.2 Å². The van der Waals surface area contributed by atoms with Crippen LogP contribution in [-0.2, 0) is 0 Å². The SMILES string of the molecule is c1ccc(P(CCPCCP(c2ccccc2)c2ccccc2)c2ccccc2)cc1. The van der Waals surface area contributed by atoms with Crippen molar-refractivity contribution in [3.05, 3.63) is 121 Å². The van der Waals surface area contributed by atoms with Crippen molar-refractivity contribution < 1.29 is 0 Å². The molecule has 0 fully saturated rings. The fourth-order valence-electron chi connectivity index (χ4n) is 3.75. The molecular formula is C28H29P3. The summed E-state index contributed by atoms with van der Waals surface area (Å²) in [4.78, 5) is 0. The van der Waals surface area contributed by atoms with Gasteiger partial charge in [-0.15, -0.1) is 8.58 Å². The zero-order chi connectivity index (χ0) is 21.1. The highest BCUT2D eigenvalue weighted by atomic mass is 31.1. The molecule has 156 valence electrons. The number of benzene rings is 4. The summed E-state index contributed by atoms with van der Waals surface area (Å²) in [5.74, 6) is 0. The Hall–Kier alpha value is -1.83. The molecule has 0 unspecified atom stereocenters. The quantitative estimate of drug-likeness (QED) is 0.204. The van der Waals surface area contributed by atoms with Crippen molar-refractivity contribution in [1.82, 2.24) is 0 Å². The van der Waals surface area contributed by atoms with Gasteiger partial charge < -0.3 is 0 Å².